The second-order valence-corrected chi connectivity index (χ2v) is 5.07. The number of fused-ring (bicyclic) bond motifs is 1. The Hall–Kier alpha value is -3.00. The van der Waals surface area contributed by atoms with E-state index in [0.29, 0.717) is 23.1 Å². The Morgan fingerprint density at radius 1 is 1.29 bits per heavy atom. The highest BCUT2D eigenvalue weighted by Crippen LogP contribution is 2.35. The van der Waals surface area contributed by atoms with E-state index in [1.807, 2.05) is 0 Å². The molecular weight excluding hydrogens is 316 g/mol. The zero-order chi connectivity index (χ0) is 16.9. The predicted octanol–water partition coefficient (Wildman–Crippen LogP) is 1.36. The molecule has 0 fully saturated rings. The highest BCUT2D eigenvalue weighted by Gasteiger charge is 2.14. The van der Waals surface area contributed by atoms with Crippen LogP contribution in [0.2, 0.25) is 0 Å². The largest absolute Gasteiger partial charge is 0.491 e. The fourth-order valence-corrected chi connectivity index (χ4v) is 2.09. The minimum atomic E-state index is -1.11. The highest BCUT2D eigenvalue weighted by molar-refractivity contribution is 5.85. The van der Waals surface area contributed by atoms with Gasteiger partial charge in [-0.15, -0.1) is 0 Å². The maximum atomic E-state index is 10.9. The molecule has 24 heavy (non-hydrogen) atoms. The maximum Gasteiger partial charge on any atom is 0.354 e. The first-order chi connectivity index (χ1) is 11.6. The van der Waals surface area contributed by atoms with E-state index in [1.165, 1.54) is 6.07 Å². The molecule has 8 heteroatoms. The highest BCUT2D eigenvalue weighted by atomic mass is 16.7. The number of rotatable bonds is 7. The molecule has 0 radical (unpaired) electrons. The van der Waals surface area contributed by atoms with Crippen LogP contribution >= 0.6 is 0 Å². The van der Waals surface area contributed by atoms with E-state index in [4.69, 9.17) is 19.3 Å². The summed E-state index contributed by atoms with van der Waals surface area (Å²) in [5.74, 6) is 1.09. The number of ether oxygens (including phenoxy) is 3. The molecule has 126 valence electrons. The third kappa shape index (κ3) is 3.85. The molecule has 0 aliphatic carbocycles. The number of carboxylic acid groups (broad SMARTS) is 1. The van der Waals surface area contributed by atoms with Crippen LogP contribution in [0.5, 0.6) is 17.2 Å². The van der Waals surface area contributed by atoms with Crippen LogP contribution in [0.25, 0.3) is 0 Å². The van der Waals surface area contributed by atoms with Crippen molar-refractivity contribution in [2.24, 2.45) is 0 Å². The van der Waals surface area contributed by atoms with Crippen molar-refractivity contribution >= 4 is 11.8 Å². The average molecular weight is 332 g/mol. The van der Waals surface area contributed by atoms with Gasteiger partial charge in [0.2, 0.25) is 6.79 Å². The molecule has 0 saturated carbocycles. The summed E-state index contributed by atoms with van der Waals surface area (Å²) in [6.45, 7) is 0.416. The summed E-state index contributed by atoms with van der Waals surface area (Å²) in [4.78, 5) is 14.8. The number of aliphatic hydroxyl groups excluding tert-OH is 1. The third-order valence-electron chi connectivity index (χ3n) is 3.27. The number of anilines is 1. The minimum Gasteiger partial charge on any atom is -0.491 e. The lowest BCUT2D eigenvalue weighted by atomic mass is 10.3. The quantitative estimate of drug-likeness (QED) is 0.697. The molecule has 3 rings (SSSR count). The Morgan fingerprint density at radius 2 is 2.12 bits per heavy atom. The lowest BCUT2D eigenvalue weighted by molar-refractivity contribution is 0.0690. The predicted molar refractivity (Wildman–Crippen MR) is 83.8 cm³/mol. The molecule has 1 aliphatic heterocycles. The monoisotopic (exact) mass is 332 g/mol. The molecule has 0 bridgehead atoms. The Morgan fingerprint density at radius 3 is 2.96 bits per heavy atom. The van der Waals surface area contributed by atoms with E-state index in [-0.39, 0.29) is 25.6 Å². The summed E-state index contributed by atoms with van der Waals surface area (Å²) >= 11 is 0. The molecule has 1 aliphatic rings. The zero-order valence-corrected chi connectivity index (χ0v) is 12.6. The molecule has 1 atom stereocenters. The molecule has 2 aromatic rings. The van der Waals surface area contributed by atoms with Crippen LogP contribution in [0.15, 0.2) is 36.4 Å². The van der Waals surface area contributed by atoms with Crippen molar-refractivity contribution in [3.8, 4) is 17.2 Å². The van der Waals surface area contributed by atoms with E-state index in [0.717, 1.165) is 0 Å². The molecule has 1 unspecified atom stereocenters. The van der Waals surface area contributed by atoms with E-state index in [9.17, 15) is 9.90 Å². The van der Waals surface area contributed by atoms with Gasteiger partial charge in [0.05, 0.1) is 0 Å². The lowest BCUT2D eigenvalue weighted by Gasteiger charge is -2.14. The topological polar surface area (TPSA) is 110 Å². The molecule has 0 amide bonds. The number of nitrogens with one attached hydrogen (secondary N) is 1. The average Bonchev–Trinajstić information content (AvgIpc) is 3.06. The number of aromatic nitrogens is 1. The van der Waals surface area contributed by atoms with E-state index in [2.05, 4.69) is 10.3 Å². The second kappa shape index (κ2) is 7.05. The van der Waals surface area contributed by atoms with Crippen molar-refractivity contribution in [1.29, 1.82) is 0 Å². The standard InChI is InChI=1S/C16H16N2O6/c19-10(7-17-15-3-1-2-12(18-15)16(20)21)8-22-11-4-5-13-14(6-11)24-9-23-13/h1-6,10,19H,7-9H2,(H,17,18)(H,20,21). The van der Waals surface area contributed by atoms with Crippen LogP contribution in [0.1, 0.15) is 10.5 Å². The van der Waals surface area contributed by atoms with Crippen LogP contribution in [0, 0.1) is 0 Å². The first-order valence-electron chi connectivity index (χ1n) is 7.26. The number of nitrogens with zero attached hydrogens (tertiary/aromatic N) is 1. The van der Waals surface area contributed by atoms with Crippen molar-refractivity contribution in [2.45, 2.75) is 6.10 Å². The number of carboxylic acids is 1. The van der Waals surface area contributed by atoms with Crippen molar-refractivity contribution in [1.82, 2.24) is 4.98 Å². The summed E-state index contributed by atoms with van der Waals surface area (Å²) < 4.78 is 16.0. The minimum absolute atomic E-state index is 0.0608. The lowest BCUT2D eigenvalue weighted by Crippen LogP contribution is -2.26. The van der Waals surface area contributed by atoms with Gasteiger partial charge in [-0.05, 0) is 24.3 Å². The zero-order valence-electron chi connectivity index (χ0n) is 12.6. The van der Waals surface area contributed by atoms with Crippen molar-refractivity contribution < 1.29 is 29.2 Å². The van der Waals surface area contributed by atoms with Gasteiger partial charge in [-0.2, -0.15) is 0 Å². The number of carbonyl (C=O) groups is 1. The molecule has 3 N–H and O–H groups in total. The van der Waals surface area contributed by atoms with Gasteiger partial charge in [-0.1, -0.05) is 6.07 Å². The van der Waals surface area contributed by atoms with Crippen molar-refractivity contribution in [3.63, 3.8) is 0 Å². The Labute approximate surface area is 137 Å². The van der Waals surface area contributed by atoms with Crippen LogP contribution in [0.4, 0.5) is 5.82 Å². The fourth-order valence-electron chi connectivity index (χ4n) is 2.09. The van der Waals surface area contributed by atoms with E-state index < -0.39 is 12.1 Å². The molecule has 0 saturated heterocycles. The first kappa shape index (κ1) is 15.9. The number of hydrogen-bond acceptors (Lipinski definition) is 7. The normalized spacial score (nSPS) is 13.4. The van der Waals surface area contributed by atoms with Gasteiger partial charge in [0.25, 0.3) is 0 Å². The number of hydrogen-bond donors (Lipinski definition) is 3. The maximum absolute atomic E-state index is 10.9. The van der Waals surface area contributed by atoms with Gasteiger partial charge in [-0.25, -0.2) is 9.78 Å². The summed E-state index contributed by atoms with van der Waals surface area (Å²) in [6, 6.07) is 9.76. The van der Waals surface area contributed by atoms with Gasteiger partial charge in [0.1, 0.15) is 24.3 Å². The van der Waals surface area contributed by atoms with Gasteiger partial charge < -0.3 is 29.7 Å². The van der Waals surface area contributed by atoms with E-state index in [1.54, 1.807) is 30.3 Å². The number of benzene rings is 1. The Balaban J connectivity index is 1.48. The smallest absolute Gasteiger partial charge is 0.354 e. The van der Waals surface area contributed by atoms with Gasteiger partial charge >= 0.3 is 5.97 Å². The van der Waals surface area contributed by atoms with Crippen LogP contribution in [0.3, 0.4) is 0 Å². The molecule has 2 heterocycles. The molecule has 1 aromatic heterocycles. The Bertz CT molecular complexity index is 736. The summed E-state index contributed by atoms with van der Waals surface area (Å²) in [5.41, 5.74) is -0.0638. The second-order valence-electron chi connectivity index (χ2n) is 5.07. The van der Waals surface area contributed by atoms with Gasteiger partial charge in [-0.3, -0.25) is 0 Å². The molecular formula is C16H16N2O6. The van der Waals surface area contributed by atoms with Gasteiger partial charge in [0.15, 0.2) is 17.2 Å². The van der Waals surface area contributed by atoms with Crippen molar-refractivity contribution in [2.75, 3.05) is 25.3 Å². The van der Waals surface area contributed by atoms with Gasteiger partial charge in [0, 0.05) is 12.6 Å². The van der Waals surface area contributed by atoms with E-state index >= 15 is 0 Å². The number of aliphatic hydroxyl groups is 1. The Kier molecular flexibility index (Phi) is 4.66. The summed E-state index contributed by atoms with van der Waals surface area (Å²) in [7, 11) is 0. The SMILES string of the molecule is O=C(O)c1cccc(NCC(O)COc2ccc3c(c2)OCO3)n1. The number of pyridine rings is 1. The molecule has 1 aromatic carbocycles. The summed E-state index contributed by atoms with van der Waals surface area (Å²) in [6.07, 6.45) is -0.800. The van der Waals surface area contributed by atoms with Crippen LogP contribution in [-0.2, 0) is 0 Å². The molecule has 8 nitrogen and oxygen atoms in total. The molecule has 0 spiro atoms. The fraction of sp³-hybridized carbons (Fsp3) is 0.250. The van der Waals surface area contributed by atoms with Crippen LogP contribution in [-0.4, -0.2) is 47.2 Å². The number of aromatic carboxylic acids is 1. The third-order valence-corrected chi connectivity index (χ3v) is 3.27. The van der Waals surface area contributed by atoms with Crippen LogP contribution < -0.4 is 19.5 Å². The van der Waals surface area contributed by atoms with Crippen molar-refractivity contribution in [3.05, 3.63) is 42.1 Å². The first-order valence-corrected chi connectivity index (χ1v) is 7.26. The summed E-state index contributed by atoms with van der Waals surface area (Å²) in [5, 5.41) is 21.7.